The van der Waals surface area contributed by atoms with Crippen molar-refractivity contribution in [1.29, 1.82) is 0 Å². The lowest BCUT2D eigenvalue weighted by Crippen LogP contribution is -2.29. The largest absolute Gasteiger partial charge is 0.481 e. The Bertz CT molecular complexity index is 175. The van der Waals surface area contributed by atoms with Gasteiger partial charge in [-0.25, -0.2) is 0 Å². The number of aliphatic carboxylic acids is 1. The summed E-state index contributed by atoms with van der Waals surface area (Å²) in [4.78, 5) is 10.2. The van der Waals surface area contributed by atoms with Crippen LogP contribution >= 0.6 is 0 Å². The van der Waals surface area contributed by atoms with Crippen LogP contribution in [0.3, 0.4) is 0 Å². The van der Waals surface area contributed by atoms with Crippen LogP contribution in [0.1, 0.15) is 51.9 Å². The first-order valence-electron chi connectivity index (χ1n) is 6.90. The average Bonchev–Trinajstić information content (AvgIpc) is 2.30. The Morgan fingerprint density at radius 1 is 0.882 bits per heavy atom. The van der Waals surface area contributed by atoms with Crippen LogP contribution in [0.15, 0.2) is 0 Å². The number of nitrogens with one attached hydrogen (secondary N) is 2. The van der Waals surface area contributed by atoms with Crippen LogP contribution in [-0.2, 0) is 4.79 Å². The third-order valence-corrected chi connectivity index (χ3v) is 2.70. The summed E-state index contributed by atoms with van der Waals surface area (Å²) in [5.41, 5.74) is 0. The van der Waals surface area contributed by atoms with Gasteiger partial charge < -0.3 is 15.7 Å². The highest BCUT2D eigenvalue weighted by Gasteiger charge is 1.94. The molecule has 3 N–H and O–H groups in total. The third-order valence-electron chi connectivity index (χ3n) is 2.70. The van der Waals surface area contributed by atoms with Crippen molar-refractivity contribution in [3.05, 3.63) is 0 Å². The lowest BCUT2D eigenvalue weighted by Gasteiger charge is -2.05. The van der Waals surface area contributed by atoms with Gasteiger partial charge in [-0.1, -0.05) is 39.0 Å². The van der Waals surface area contributed by atoms with Gasteiger partial charge in [0.2, 0.25) is 0 Å². The SMILES string of the molecule is CCCCCCCCNCCNCCC(=O)O. The minimum Gasteiger partial charge on any atom is -0.481 e. The maximum atomic E-state index is 10.2. The van der Waals surface area contributed by atoms with Crippen LogP contribution in [0.2, 0.25) is 0 Å². The maximum Gasteiger partial charge on any atom is 0.304 e. The van der Waals surface area contributed by atoms with Gasteiger partial charge in [0.1, 0.15) is 0 Å². The van der Waals surface area contributed by atoms with Crippen molar-refractivity contribution in [3.8, 4) is 0 Å². The van der Waals surface area contributed by atoms with E-state index < -0.39 is 5.97 Å². The second kappa shape index (κ2) is 13.5. The zero-order valence-electron chi connectivity index (χ0n) is 11.1. The first-order valence-corrected chi connectivity index (χ1v) is 6.90. The Morgan fingerprint density at radius 2 is 1.47 bits per heavy atom. The molecule has 0 saturated carbocycles. The highest BCUT2D eigenvalue weighted by molar-refractivity contribution is 5.66. The number of unbranched alkanes of at least 4 members (excludes halogenated alkanes) is 5. The Balaban J connectivity index is 2.91. The molecule has 0 saturated heterocycles. The maximum absolute atomic E-state index is 10.2. The van der Waals surface area contributed by atoms with E-state index in [1.807, 2.05) is 0 Å². The molecule has 4 nitrogen and oxygen atoms in total. The highest BCUT2D eigenvalue weighted by atomic mass is 16.4. The molecule has 4 heteroatoms. The second-order valence-electron chi connectivity index (χ2n) is 4.41. The van der Waals surface area contributed by atoms with Crippen LogP contribution in [0.25, 0.3) is 0 Å². The molecular formula is C13H28N2O2. The summed E-state index contributed by atoms with van der Waals surface area (Å²) < 4.78 is 0. The number of carboxylic acid groups (broad SMARTS) is 1. The molecule has 0 bridgehead atoms. The van der Waals surface area contributed by atoms with E-state index in [0.717, 1.165) is 19.6 Å². The standard InChI is InChI=1S/C13H28N2O2/c1-2-3-4-5-6-7-9-14-11-12-15-10-8-13(16)17/h14-15H,2-12H2,1H3,(H,16,17). The third kappa shape index (κ3) is 15.4. The van der Waals surface area contributed by atoms with Crippen LogP contribution in [0.5, 0.6) is 0 Å². The molecule has 102 valence electrons. The summed E-state index contributed by atoms with van der Waals surface area (Å²) in [5.74, 6) is -0.738. The second-order valence-corrected chi connectivity index (χ2v) is 4.41. The van der Waals surface area contributed by atoms with E-state index in [1.54, 1.807) is 0 Å². The molecule has 0 radical (unpaired) electrons. The molecule has 0 amide bonds. The molecule has 17 heavy (non-hydrogen) atoms. The number of carbonyl (C=O) groups is 1. The number of carboxylic acids is 1. The fourth-order valence-corrected chi connectivity index (χ4v) is 1.65. The summed E-state index contributed by atoms with van der Waals surface area (Å²) >= 11 is 0. The molecule has 0 aliphatic rings. The van der Waals surface area contributed by atoms with Gasteiger partial charge in [-0.2, -0.15) is 0 Å². The van der Waals surface area contributed by atoms with Crippen LogP contribution in [0, 0.1) is 0 Å². The van der Waals surface area contributed by atoms with Gasteiger partial charge in [-0.05, 0) is 13.0 Å². The monoisotopic (exact) mass is 244 g/mol. The molecule has 0 unspecified atom stereocenters. The fourth-order valence-electron chi connectivity index (χ4n) is 1.65. The van der Waals surface area contributed by atoms with Crippen molar-refractivity contribution >= 4 is 5.97 Å². The fraction of sp³-hybridized carbons (Fsp3) is 0.923. The van der Waals surface area contributed by atoms with Gasteiger partial charge in [0.15, 0.2) is 0 Å². The van der Waals surface area contributed by atoms with Crippen molar-refractivity contribution in [3.63, 3.8) is 0 Å². The van der Waals surface area contributed by atoms with Crippen molar-refractivity contribution < 1.29 is 9.90 Å². The van der Waals surface area contributed by atoms with Gasteiger partial charge >= 0.3 is 5.97 Å². The van der Waals surface area contributed by atoms with E-state index in [0.29, 0.717) is 6.54 Å². The Hall–Kier alpha value is -0.610. The first kappa shape index (κ1) is 16.4. The predicted molar refractivity (Wildman–Crippen MR) is 71.4 cm³/mol. The normalized spacial score (nSPS) is 10.6. The van der Waals surface area contributed by atoms with E-state index in [-0.39, 0.29) is 6.42 Å². The topological polar surface area (TPSA) is 61.4 Å². The average molecular weight is 244 g/mol. The number of hydrogen-bond acceptors (Lipinski definition) is 3. The van der Waals surface area contributed by atoms with E-state index in [2.05, 4.69) is 17.6 Å². The zero-order valence-corrected chi connectivity index (χ0v) is 11.1. The molecule has 0 fully saturated rings. The Kier molecular flexibility index (Phi) is 13.0. The molecule has 0 rings (SSSR count). The molecule has 0 aromatic carbocycles. The van der Waals surface area contributed by atoms with Gasteiger partial charge in [0.05, 0.1) is 6.42 Å². The summed E-state index contributed by atoms with van der Waals surface area (Å²) in [5, 5.41) is 14.9. The van der Waals surface area contributed by atoms with Gasteiger partial charge in [0, 0.05) is 19.6 Å². The molecule has 0 atom stereocenters. The number of hydrogen-bond donors (Lipinski definition) is 3. The van der Waals surface area contributed by atoms with E-state index >= 15 is 0 Å². The quantitative estimate of drug-likeness (QED) is 0.434. The van der Waals surface area contributed by atoms with Crippen LogP contribution < -0.4 is 10.6 Å². The summed E-state index contributed by atoms with van der Waals surface area (Å²) in [6.45, 7) is 5.65. The number of rotatable bonds is 13. The van der Waals surface area contributed by atoms with E-state index in [4.69, 9.17) is 5.11 Å². The van der Waals surface area contributed by atoms with Crippen LogP contribution in [-0.4, -0.2) is 37.3 Å². The van der Waals surface area contributed by atoms with Crippen molar-refractivity contribution in [2.24, 2.45) is 0 Å². The van der Waals surface area contributed by atoms with Crippen molar-refractivity contribution in [1.82, 2.24) is 10.6 Å². The summed E-state index contributed by atoms with van der Waals surface area (Å²) in [6, 6.07) is 0. The Morgan fingerprint density at radius 3 is 2.12 bits per heavy atom. The zero-order chi connectivity index (χ0) is 12.8. The highest BCUT2D eigenvalue weighted by Crippen LogP contribution is 2.03. The lowest BCUT2D eigenvalue weighted by molar-refractivity contribution is -0.136. The van der Waals surface area contributed by atoms with Gasteiger partial charge in [0.25, 0.3) is 0 Å². The van der Waals surface area contributed by atoms with E-state index in [9.17, 15) is 4.79 Å². The molecule has 0 aliphatic carbocycles. The van der Waals surface area contributed by atoms with Crippen molar-refractivity contribution in [2.45, 2.75) is 51.9 Å². The lowest BCUT2D eigenvalue weighted by atomic mass is 10.1. The predicted octanol–water partition coefficient (Wildman–Crippen LogP) is 2.00. The van der Waals surface area contributed by atoms with Gasteiger partial charge in [-0.15, -0.1) is 0 Å². The smallest absolute Gasteiger partial charge is 0.304 e. The molecule has 0 heterocycles. The molecular weight excluding hydrogens is 216 g/mol. The minimum absolute atomic E-state index is 0.206. The summed E-state index contributed by atoms with van der Waals surface area (Å²) in [6.07, 6.45) is 8.16. The molecule has 0 aromatic heterocycles. The summed E-state index contributed by atoms with van der Waals surface area (Å²) in [7, 11) is 0. The molecule has 0 aromatic rings. The first-order chi connectivity index (χ1) is 8.27. The molecule has 0 spiro atoms. The van der Waals surface area contributed by atoms with Crippen molar-refractivity contribution in [2.75, 3.05) is 26.2 Å². The van der Waals surface area contributed by atoms with E-state index in [1.165, 1.54) is 38.5 Å². The molecule has 0 aliphatic heterocycles. The van der Waals surface area contributed by atoms with Gasteiger partial charge in [-0.3, -0.25) is 4.79 Å². The minimum atomic E-state index is -0.738. The Labute approximate surface area is 105 Å². The van der Waals surface area contributed by atoms with Crippen LogP contribution in [0.4, 0.5) is 0 Å².